The van der Waals surface area contributed by atoms with Crippen molar-refractivity contribution in [3.05, 3.63) is 29.8 Å². The van der Waals surface area contributed by atoms with Crippen LogP contribution < -0.4 is 4.90 Å². The Hall–Kier alpha value is -1.49. The maximum Gasteiger partial charge on any atom is 0.0748 e. The summed E-state index contributed by atoms with van der Waals surface area (Å²) in [5, 5.41) is 9.61. The van der Waals surface area contributed by atoms with Gasteiger partial charge in [0.1, 0.15) is 0 Å². The molecule has 1 fully saturated rings. The first-order valence-electron chi connectivity index (χ1n) is 7.42. The number of aryl methyl sites for hydroxylation is 1. The summed E-state index contributed by atoms with van der Waals surface area (Å²) >= 11 is 0. The molecule has 0 amide bonds. The smallest absolute Gasteiger partial charge is 0.0748 e. The second-order valence-electron chi connectivity index (χ2n) is 5.81. The van der Waals surface area contributed by atoms with Gasteiger partial charge in [0.2, 0.25) is 0 Å². The highest BCUT2D eigenvalue weighted by molar-refractivity contribution is 5.48. The van der Waals surface area contributed by atoms with Crippen molar-refractivity contribution in [2.75, 3.05) is 18.0 Å². The van der Waals surface area contributed by atoms with Crippen molar-refractivity contribution in [2.45, 2.75) is 46.0 Å². The molecular formula is C17H24N2. The van der Waals surface area contributed by atoms with Crippen LogP contribution in [0.15, 0.2) is 24.3 Å². The molecule has 0 radical (unpaired) electrons. The van der Waals surface area contributed by atoms with Crippen molar-refractivity contribution in [3.8, 4) is 6.07 Å². The van der Waals surface area contributed by atoms with Crippen LogP contribution in [0.5, 0.6) is 0 Å². The highest BCUT2D eigenvalue weighted by Gasteiger charge is 2.33. The minimum atomic E-state index is -0.127. The van der Waals surface area contributed by atoms with Crippen molar-refractivity contribution < 1.29 is 0 Å². The standard InChI is InChI=1S/C17H24N2/c1-3-19(16-9-7-8-15(2)12-16)14-17(13-18)10-5-4-6-11-17/h7-9,12H,3-6,10-11,14H2,1-2H3. The number of rotatable bonds is 4. The van der Waals surface area contributed by atoms with Gasteiger partial charge in [-0.3, -0.25) is 0 Å². The average Bonchev–Trinajstić information content (AvgIpc) is 2.46. The van der Waals surface area contributed by atoms with E-state index in [1.807, 2.05) is 0 Å². The van der Waals surface area contributed by atoms with Crippen molar-refractivity contribution in [1.82, 2.24) is 0 Å². The molecule has 2 rings (SSSR count). The summed E-state index contributed by atoms with van der Waals surface area (Å²) in [6.07, 6.45) is 5.83. The van der Waals surface area contributed by atoms with Crippen molar-refractivity contribution in [3.63, 3.8) is 0 Å². The largest absolute Gasteiger partial charge is 0.370 e. The Balaban J connectivity index is 2.16. The van der Waals surface area contributed by atoms with E-state index >= 15 is 0 Å². The van der Waals surface area contributed by atoms with Crippen LogP contribution in [-0.2, 0) is 0 Å². The molecule has 0 aliphatic heterocycles. The van der Waals surface area contributed by atoms with E-state index in [0.717, 1.165) is 25.9 Å². The number of nitrogens with zero attached hydrogens (tertiary/aromatic N) is 2. The van der Waals surface area contributed by atoms with Crippen LogP contribution in [0.4, 0.5) is 5.69 Å². The van der Waals surface area contributed by atoms with Gasteiger partial charge >= 0.3 is 0 Å². The highest BCUT2D eigenvalue weighted by atomic mass is 15.1. The molecule has 0 bridgehead atoms. The van der Waals surface area contributed by atoms with Gasteiger partial charge in [-0.25, -0.2) is 0 Å². The van der Waals surface area contributed by atoms with Gasteiger partial charge in [0.15, 0.2) is 0 Å². The normalized spacial score (nSPS) is 17.7. The molecule has 1 aliphatic rings. The first kappa shape index (κ1) is 13.9. The maximum absolute atomic E-state index is 9.61. The minimum Gasteiger partial charge on any atom is -0.370 e. The molecule has 1 aromatic carbocycles. The predicted octanol–water partition coefficient (Wildman–Crippen LogP) is 4.30. The quantitative estimate of drug-likeness (QED) is 0.803. The van der Waals surface area contributed by atoms with Crippen LogP contribution in [-0.4, -0.2) is 13.1 Å². The van der Waals surface area contributed by atoms with Gasteiger partial charge in [-0.05, 0) is 44.4 Å². The Labute approximate surface area is 117 Å². The molecule has 0 heterocycles. The summed E-state index contributed by atoms with van der Waals surface area (Å²) in [6, 6.07) is 11.2. The monoisotopic (exact) mass is 256 g/mol. The Bertz CT molecular complexity index is 453. The van der Waals surface area contributed by atoms with Crippen molar-refractivity contribution >= 4 is 5.69 Å². The molecule has 102 valence electrons. The van der Waals surface area contributed by atoms with Gasteiger partial charge in [-0.2, -0.15) is 5.26 Å². The fourth-order valence-corrected chi connectivity index (χ4v) is 3.11. The lowest BCUT2D eigenvalue weighted by molar-refractivity contribution is 0.271. The van der Waals surface area contributed by atoms with Gasteiger partial charge in [0, 0.05) is 18.8 Å². The zero-order valence-corrected chi connectivity index (χ0v) is 12.2. The summed E-state index contributed by atoms with van der Waals surface area (Å²) in [6.45, 7) is 6.14. The molecule has 1 aliphatic carbocycles. The van der Waals surface area contributed by atoms with E-state index in [0.29, 0.717) is 0 Å². The third-order valence-corrected chi connectivity index (χ3v) is 4.29. The van der Waals surface area contributed by atoms with E-state index in [4.69, 9.17) is 0 Å². The fourth-order valence-electron chi connectivity index (χ4n) is 3.11. The van der Waals surface area contributed by atoms with Crippen LogP contribution >= 0.6 is 0 Å². The summed E-state index contributed by atoms with van der Waals surface area (Å²) < 4.78 is 0. The summed E-state index contributed by atoms with van der Waals surface area (Å²) in [4.78, 5) is 2.36. The second kappa shape index (κ2) is 6.10. The Morgan fingerprint density at radius 3 is 2.58 bits per heavy atom. The highest BCUT2D eigenvalue weighted by Crippen LogP contribution is 2.37. The molecular weight excluding hydrogens is 232 g/mol. The van der Waals surface area contributed by atoms with E-state index in [-0.39, 0.29) is 5.41 Å². The van der Waals surface area contributed by atoms with Crippen LogP contribution in [0.2, 0.25) is 0 Å². The molecule has 0 saturated heterocycles. The molecule has 0 unspecified atom stereocenters. The van der Waals surface area contributed by atoms with Crippen LogP contribution in [0.1, 0.15) is 44.6 Å². The van der Waals surface area contributed by atoms with Gasteiger partial charge in [-0.15, -0.1) is 0 Å². The minimum absolute atomic E-state index is 0.127. The van der Waals surface area contributed by atoms with E-state index in [2.05, 4.69) is 49.1 Å². The molecule has 19 heavy (non-hydrogen) atoms. The summed E-state index contributed by atoms with van der Waals surface area (Å²) in [5.74, 6) is 0. The molecule has 0 atom stereocenters. The van der Waals surface area contributed by atoms with E-state index in [9.17, 15) is 5.26 Å². The van der Waals surface area contributed by atoms with Crippen LogP contribution in [0.25, 0.3) is 0 Å². The fraction of sp³-hybridized carbons (Fsp3) is 0.588. The summed E-state index contributed by atoms with van der Waals surface area (Å²) in [7, 11) is 0. The molecule has 0 aromatic heterocycles. The Morgan fingerprint density at radius 2 is 2.00 bits per heavy atom. The van der Waals surface area contributed by atoms with Crippen LogP contribution in [0.3, 0.4) is 0 Å². The zero-order valence-electron chi connectivity index (χ0n) is 12.2. The molecule has 2 nitrogen and oxygen atoms in total. The number of anilines is 1. The second-order valence-corrected chi connectivity index (χ2v) is 5.81. The molecule has 1 aromatic rings. The average molecular weight is 256 g/mol. The van der Waals surface area contributed by atoms with E-state index < -0.39 is 0 Å². The first-order valence-corrected chi connectivity index (χ1v) is 7.42. The Kier molecular flexibility index (Phi) is 4.47. The topological polar surface area (TPSA) is 27.0 Å². The van der Waals surface area contributed by atoms with Gasteiger partial charge in [0.05, 0.1) is 11.5 Å². The van der Waals surface area contributed by atoms with Crippen molar-refractivity contribution in [1.29, 1.82) is 5.26 Å². The maximum atomic E-state index is 9.61. The zero-order chi connectivity index (χ0) is 13.7. The van der Waals surface area contributed by atoms with Gasteiger partial charge in [0.25, 0.3) is 0 Å². The van der Waals surface area contributed by atoms with Gasteiger partial charge in [-0.1, -0.05) is 31.4 Å². The number of nitriles is 1. The van der Waals surface area contributed by atoms with E-state index in [1.165, 1.54) is 30.5 Å². The molecule has 0 spiro atoms. The number of benzene rings is 1. The first-order chi connectivity index (χ1) is 9.19. The third-order valence-electron chi connectivity index (χ3n) is 4.29. The lowest BCUT2D eigenvalue weighted by Crippen LogP contribution is -2.38. The third kappa shape index (κ3) is 3.29. The SMILES string of the molecule is CCN(CC1(C#N)CCCCC1)c1cccc(C)c1. The van der Waals surface area contributed by atoms with Gasteiger partial charge < -0.3 is 4.90 Å². The predicted molar refractivity (Wildman–Crippen MR) is 80.2 cm³/mol. The Morgan fingerprint density at radius 1 is 1.26 bits per heavy atom. The summed E-state index contributed by atoms with van der Waals surface area (Å²) in [5.41, 5.74) is 2.41. The van der Waals surface area contributed by atoms with E-state index in [1.54, 1.807) is 0 Å². The lowest BCUT2D eigenvalue weighted by Gasteiger charge is -2.36. The van der Waals surface area contributed by atoms with Crippen molar-refractivity contribution in [2.24, 2.45) is 5.41 Å². The molecule has 0 N–H and O–H groups in total. The number of hydrogen-bond acceptors (Lipinski definition) is 2. The molecule has 2 heteroatoms. The lowest BCUT2D eigenvalue weighted by atomic mass is 9.75. The number of hydrogen-bond donors (Lipinski definition) is 0. The molecule has 1 saturated carbocycles. The van der Waals surface area contributed by atoms with Crippen LogP contribution in [0, 0.1) is 23.7 Å².